The van der Waals surface area contributed by atoms with Gasteiger partial charge in [-0.1, -0.05) is 29.8 Å². The van der Waals surface area contributed by atoms with E-state index < -0.39 is 11.7 Å². The minimum atomic E-state index is -4.51. The lowest BCUT2D eigenvalue weighted by Gasteiger charge is -2.35. The molecule has 1 aliphatic rings. The molecule has 6 nitrogen and oxygen atoms in total. The van der Waals surface area contributed by atoms with Crippen molar-refractivity contribution in [2.24, 2.45) is 0 Å². The predicted molar refractivity (Wildman–Crippen MR) is 123 cm³/mol. The van der Waals surface area contributed by atoms with Crippen LogP contribution in [0.1, 0.15) is 26.3 Å². The Morgan fingerprint density at radius 3 is 2.15 bits per heavy atom. The molecular formula is C24H20ClF3N4O2. The SMILES string of the molecule is O=C(Nc1ccc(C(=O)N2CCN(c3ncc(C(F)(F)F)cc3Cl)CC2)cc1)c1ccccc1. The number of amides is 2. The van der Waals surface area contributed by atoms with Crippen molar-refractivity contribution in [1.82, 2.24) is 9.88 Å². The lowest BCUT2D eigenvalue weighted by atomic mass is 10.1. The number of aromatic nitrogens is 1. The lowest BCUT2D eigenvalue weighted by molar-refractivity contribution is -0.137. The molecule has 2 amide bonds. The molecule has 1 aromatic heterocycles. The summed E-state index contributed by atoms with van der Waals surface area (Å²) in [6.45, 7) is 1.50. The Balaban J connectivity index is 1.35. The second-order valence-electron chi connectivity index (χ2n) is 7.70. The number of hydrogen-bond acceptors (Lipinski definition) is 4. The first kappa shape index (κ1) is 23.6. The van der Waals surface area contributed by atoms with Crippen molar-refractivity contribution >= 4 is 34.9 Å². The van der Waals surface area contributed by atoms with E-state index in [-0.39, 0.29) is 22.7 Å². The average molecular weight is 489 g/mol. The Morgan fingerprint density at radius 1 is 0.912 bits per heavy atom. The fraction of sp³-hybridized carbons (Fsp3) is 0.208. The van der Waals surface area contributed by atoms with Gasteiger partial charge in [-0.25, -0.2) is 4.98 Å². The van der Waals surface area contributed by atoms with Gasteiger partial charge in [0.25, 0.3) is 11.8 Å². The molecule has 0 spiro atoms. The summed E-state index contributed by atoms with van der Waals surface area (Å²) in [6, 6.07) is 16.3. The Bertz CT molecular complexity index is 1180. The highest BCUT2D eigenvalue weighted by molar-refractivity contribution is 6.33. The van der Waals surface area contributed by atoms with Crippen LogP contribution in [0.15, 0.2) is 66.9 Å². The van der Waals surface area contributed by atoms with E-state index in [1.54, 1.807) is 58.3 Å². The zero-order valence-corrected chi connectivity index (χ0v) is 18.6. The molecule has 0 saturated carbocycles. The summed E-state index contributed by atoms with van der Waals surface area (Å²) >= 11 is 6.04. The number of nitrogens with one attached hydrogen (secondary N) is 1. The molecule has 176 valence electrons. The number of alkyl halides is 3. The molecule has 1 saturated heterocycles. The van der Waals surface area contributed by atoms with Crippen LogP contribution in [0.2, 0.25) is 5.02 Å². The van der Waals surface area contributed by atoms with Crippen molar-refractivity contribution in [3.05, 3.63) is 88.6 Å². The van der Waals surface area contributed by atoms with E-state index in [1.165, 1.54) is 0 Å². The van der Waals surface area contributed by atoms with Crippen LogP contribution in [0, 0.1) is 0 Å². The molecule has 34 heavy (non-hydrogen) atoms. The number of benzene rings is 2. The Labute approximate surface area is 199 Å². The highest BCUT2D eigenvalue weighted by Gasteiger charge is 2.32. The number of carbonyl (C=O) groups is 2. The normalized spacial score (nSPS) is 14.1. The van der Waals surface area contributed by atoms with Gasteiger partial charge < -0.3 is 15.1 Å². The van der Waals surface area contributed by atoms with Crippen molar-refractivity contribution < 1.29 is 22.8 Å². The van der Waals surface area contributed by atoms with Gasteiger partial charge in [-0.15, -0.1) is 0 Å². The lowest BCUT2D eigenvalue weighted by Crippen LogP contribution is -2.49. The van der Waals surface area contributed by atoms with Crippen LogP contribution in [-0.4, -0.2) is 47.9 Å². The molecule has 3 aromatic rings. The van der Waals surface area contributed by atoms with E-state index in [2.05, 4.69) is 10.3 Å². The van der Waals surface area contributed by atoms with Crippen LogP contribution in [0.25, 0.3) is 0 Å². The van der Waals surface area contributed by atoms with E-state index in [9.17, 15) is 22.8 Å². The summed E-state index contributed by atoms with van der Waals surface area (Å²) in [5, 5.41) is 2.71. The molecule has 0 unspecified atom stereocenters. The van der Waals surface area contributed by atoms with Gasteiger partial charge in [-0.2, -0.15) is 13.2 Å². The zero-order chi connectivity index (χ0) is 24.3. The zero-order valence-electron chi connectivity index (χ0n) is 17.8. The summed E-state index contributed by atoms with van der Waals surface area (Å²) in [5.41, 5.74) is 0.664. The van der Waals surface area contributed by atoms with Crippen LogP contribution in [0.5, 0.6) is 0 Å². The minimum absolute atomic E-state index is 0.0808. The standard InChI is InChI=1S/C24H20ClF3N4O2/c25-20-14-18(24(26,27)28)15-29-21(20)31-10-12-32(13-11-31)23(34)17-6-8-19(9-7-17)30-22(33)16-4-2-1-3-5-16/h1-9,14-15H,10-13H2,(H,30,33). The number of piperazine rings is 1. The number of nitrogens with zero attached hydrogens (tertiary/aromatic N) is 3. The monoisotopic (exact) mass is 488 g/mol. The first-order chi connectivity index (χ1) is 16.2. The van der Waals surface area contributed by atoms with Gasteiger partial charge in [-0.3, -0.25) is 9.59 Å². The maximum absolute atomic E-state index is 12.9. The van der Waals surface area contributed by atoms with Crippen LogP contribution in [-0.2, 0) is 6.18 Å². The van der Waals surface area contributed by atoms with Crippen LogP contribution in [0.4, 0.5) is 24.7 Å². The quantitative estimate of drug-likeness (QED) is 0.563. The van der Waals surface area contributed by atoms with E-state index >= 15 is 0 Å². The summed E-state index contributed by atoms with van der Waals surface area (Å²) in [5.74, 6) is -0.154. The average Bonchev–Trinajstić information content (AvgIpc) is 2.84. The van der Waals surface area contributed by atoms with Crippen molar-refractivity contribution in [3.63, 3.8) is 0 Å². The van der Waals surface area contributed by atoms with E-state index in [0.717, 1.165) is 12.3 Å². The fourth-order valence-corrected chi connectivity index (χ4v) is 3.90. The summed E-state index contributed by atoms with van der Waals surface area (Å²) in [7, 11) is 0. The highest BCUT2D eigenvalue weighted by Crippen LogP contribution is 2.33. The largest absolute Gasteiger partial charge is 0.417 e. The maximum Gasteiger partial charge on any atom is 0.417 e. The number of anilines is 2. The summed E-state index contributed by atoms with van der Waals surface area (Å²) < 4.78 is 38.5. The third-order valence-electron chi connectivity index (χ3n) is 5.44. The van der Waals surface area contributed by atoms with Crippen molar-refractivity contribution in [2.75, 3.05) is 36.4 Å². The first-order valence-corrected chi connectivity index (χ1v) is 10.8. The topological polar surface area (TPSA) is 65.5 Å². The molecular weight excluding hydrogens is 469 g/mol. The molecule has 4 rings (SSSR count). The second kappa shape index (κ2) is 9.72. The van der Waals surface area contributed by atoms with Gasteiger partial charge >= 0.3 is 6.18 Å². The Kier molecular flexibility index (Phi) is 6.74. The van der Waals surface area contributed by atoms with Gasteiger partial charge in [0.05, 0.1) is 10.6 Å². The fourth-order valence-electron chi connectivity index (χ4n) is 3.61. The predicted octanol–water partition coefficient (Wildman–Crippen LogP) is 4.97. The molecule has 1 N–H and O–H groups in total. The second-order valence-corrected chi connectivity index (χ2v) is 8.11. The van der Waals surface area contributed by atoms with Crippen LogP contribution >= 0.6 is 11.6 Å². The number of halogens is 4. The van der Waals surface area contributed by atoms with Gasteiger partial charge in [0, 0.05) is 49.2 Å². The third kappa shape index (κ3) is 5.31. The van der Waals surface area contributed by atoms with Gasteiger partial charge in [0.15, 0.2) is 0 Å². The molecule has 0 atom stereocenters. The molecule has 0 radical (unpaired) electrons. The highest BCUT2D eigenvalue weighted by atomic mass is 35.5. The molecule has 1 aliphatic heterocycles. The molecule has 0 bridgehead atoms. The molecule has 2 heterocycles. The van der Waals surface area contributed by atoms with Gasteiger partial charge in [-0.05, 0) is 42.5 Å². The van der Waals surface area contributed by atoms with Crippen LogP contribution in [0.3, 0.4) is 0 Å². The summed E-state index contributed by atoms with van der Waals surface area (Å²) in [6.07, 6.45) is -3.75. The van der Waals surface area contributed by atoms with Crippen molar-refractivity contribution in [3.8, 4) is 0 Å². The number of carbonyl (C=O) groups excluding carboxylic acids is 2. The molecule has 10 heteroatoms. The van der Waals surface area contributed by atoms with Gasteiger partial charge in [0.2, 0.25) is 0 Å². The van der Waals surface area contributed by atoms with Crippen LogP contribution < -0.4 is 10.2 Å². The molecule has 1 fully saturated rings. The number of hydrogen-bond donors (Lipinski definition) is 1. The third-order valence-corrected chi connectivity index (χ3v) is 5.72. The molecule has 0 aliphatic carbocycles. The van der Waals surface area contributed by atoms with E-state index in [0.29, 0.717) is 43.0 Å². The Morgan fingerprint density at radius 2 is 1.56 bits per heavy atom. The minimum Gasteiger partial charge on any atom is -0.352 e. The van der Waals surface area contributed by atoms with E-state index in [4.69, 9.17) is 11.6 Å². The van der Waals surface area contributed by atoms with Crippen molar-refractivity contribution in [1.29, 1.82) is 0 Å². The van der Waals surface area contributed by atoms with Crippen molar-refractivity contribution in [2.45, 2.75) is 6.18 Å². The smallest absolute Gasteiger partial charge is 0.352 e. The summed E-state index contributed by atoms with van der Waals surface area (Å²) in [4.78, 5) is 32.4. The molecule has 2 aromatic carbocycles. The Hall–Kier alpha value is -3.59. The number of rotatable bonds is 4. The van der Waals surface area contributed by atoms with Gasteiger partial charge in [0.1, 0.15) is 5.82 Å². The van der Waals surface area contributed by atoms with E-state index in [1.807, 2.05) is 6.07 Å². The number of pyridine rings is 1. The maximum atomic E-state index is 12.9. The first-order valence-electron chi connectivity index (χ1n) is 10.5.